The van der Waals surface area contributed by atoms with E-state index in [0.717, 1.165) is 0 Å². The molecule has 0 amide bonds. The summed E-state index contributed by atoms with van der Waals surface area (Å²) in [6.45, 7) is 8.72. The predicted molar refractivity (Wildman–Crippen MR) is 83.7 cm³/mol. The van der Waals surface area contributed by atoms with E-state index in [1.54, 1.807) is 11.8 Å². The zero-order chi connectivity index (χ0) is 14.3. The molecule has 0 radical (unpaired) electrons. The Morgan fingerprint density at radius 3 is 2.58 bits per heavy atom. The molecule has 0 aliphatic heterocycles. The lowest BCUT2D eigenvalue weighted by Crippen LogP contribution is -1.93. The SMILES string of the molecule is CC(C)C(/C=C\ON)=C/Sc1cccc(C(C)C)c1. The van der Waals surface area contributed by atoms with Gasteiger partial charge < -0.3 is 4.84 Å². The Kier molecular flexibility index (Phi) is 6.74. The molecule has 0 bridgehead atoms. The van der Waals surface area contributed by atoms with E-state index in [4.69, 9.17) is 5.90 Å². The van der Waals surface area contributed by atoms with Crippen LogP contribution in [0.2, 0.25) is 0 Å². The molecule has 3 heteroatoms. The number of allylic oxidation sites excluding steroid dienone is 2. The Hall–Kier alpha value is -1.19. The fourth-order valence-electron chi connectivity index (χ4n) is 1.57. The number of hydrogen-bond donors (Lipinski definition) is 1. The third kappa shape index (κ3) is 5.53. The first-order chi connectivity index (χ1) is 9.04. The van der Waals surface area contributed by atoms with E-state index in [2.05, 4.69) is 62.2 Å². The van der Waals surface area contributed by atoms with Gasteiger partial charge in [-0.3, -0.25) is 0 Å². The summed E-state index contributed by atoms with van der Waals surface area (Å²) in [4.78, 5) is 5.75. The van der Waals surface area contributed by atoms with E-state index < -0.39 is 0 Å². The Morgan fingerprint density at radius 1 is 1.26 bits per heavy atom. The van der Waals surface area contributed by atoms with E-state index in [1.165, 1.54) is 22.3 Å². The van der Waals surface area contributed by atoms with Gasteiger partial charge in [0, 0.05) is 4.90 Å². The highest BCUT2D eigenvalue weighted by Gasteiger charge is 2.02. The van der Waals surface area contributed by atoms with E-state index >= 15 is 0 Å². The lowest BCUT2D eigenvalue weighted by atomic mass is 10.0. The molecular weight excluding hydrogens is 254 g/mol. The molecule has 0 unspecified atom stereocenters. The van der Waals surface area contributed by atoms with Gasteiger partial charge in [0.2, 0.25) is 0 Å². The molecule has 0 fully saturated rings. The first-order valence-corrected chi connectivity index (χ1v) is 7.41. The second kappa shape index (κ2) is 8.08. The van der Waals surface area contributed by atoms with Crippen LogP contribution in [0, 0.1) is 5.92 Å². The largest absolute Gasteiger partial charge is 0.419 e. The van der Waals surface area contributed by atoms with Crippen molar-refractivity contribution < 1.29 is 4.84 Å². The second-order valence-electron chi connectivity index (χ2n) is 5.06. The highest BCUT2D eigenvalue weighted by atomic mass is 32.2. The highest BCUT2D eigenvalue weighted by Crippen LogP contribution is 2.26. The third-order valence-corrected chi connectivity index (χ3v) is 3.78. The quantitative estimate of drug-likeness (QED) is 0.349. The molecule has 0 heterocycles. The van der Waals surface area contributed by atoms with Crippen LogP contribution in [-0.4, -0.2) is 0 Å². The Morgan fingerprint density at radius 2 is 2.00 bits per heavy atom. The van der Waals surface area contributed by atoms with Crippen molar-refractivity contribution in [3.8, 4) is 0 Å². The monoisotopic (exact) mass is 277 g/mol. The maximum Gasteiger partial charge on any atom is 0.111 e. The first-order valence-electron chi connectivity index (χ1n) is 6.53. The van der Waals surface area contributed by atoms with Crippen molar-refractivity contribution >= 4 is 11.8 Å². The van der Waals surface area contributed by atoms with Gasteiger partial charge in [0.25, 0.3) is 0 Å². The third-order valence-electron chi connectivity index (χ3n) is 2.86. The van der Waals surface area contributed by atoms with Crippen LogP contribution >= 0.6 is 11.8 Å². The Labute approximate surface area is 120 Å². The van der Waals surface area contributed by atoms with Crippen LogP contribution in [0.25, 0.3) is 0 Å². The molecule has 0 aromatic heterocycles. The molecule has 0 atom stereocenters. The molecule has 1 aromatic rings. The summed E-state index contributed by atoms with van der Waals surface area (Å²) in [6.07, 6.45) is 3.42. The fraction of sp³-hybridized carbons (Fsp3) is 0.375. The van der Waals surface area contributed by atoms with Crippen molar-refractivity contribution in [3.63, 3.8) is 0 Å². The van der Waals surface area contributed by atoms with Gasteiger partial charge in [-0.2, -0.15) is 5.90 Å². The average molecular weight is 277 g/mol. The van der Waals surface area contributed by atoms with Crippen LogP contribution in [0.1, 0.15) is 39.2 Å². The van der Waals surface area contributed by atoms with Crippen LogP contribution in [0.3, 0.4) is 0 Å². The lowest BCUT2D eigenvalue weighted by Gasteiger charge is -2.08. The van der Waals surface area contributed by atoms with Crippen LogP contribution in [-0.2, 0) is 4.84 Å². The summed E-state index contributed by atoms with van der Waals surface area (Å²) in [6, 6.07) is 8.66. The van der Waals surface area contributed by atoms with Crippen molar-refractivity contribution in [2.45, 2.75) is 38.5 Å². The lowest BCUT2D eigenvalue weighted by molar-refractivity contribution is 0.261. The molecule has 1 rings (SSSR count). The maximum atomic E-state index is 5.02. The van der Waals surface area contributed by atoms with Crippen molar-refractivity contribution in [1.29, 1.82) is 0 Å². The minimum atomic E-state index is 0.437. The van der Waals surface area contributed by atoms with E-state index in [-0.39, 0.29) is 0 Å². The molecule has 104 valence electrons. The minimum absolute atomic E-state index is 0.437. The highest BCUT2D eigenvalue weighted by molar-refractivity contribution is 8.02. The molecule has 19 heavy (non-hydrogen) atoms. The van der Waals surface area contributed by atoms with Crippen LogP contribution in [0.15, 0.2) is 52.5 Å². The topological polar surface area (TPSA) is 35.2 Å². The Bertz CT molecular complexity index is 450. The maximum absolute atomic E-state index is 5.02. The van der Waals surface area contributed by atoms with Gasteiger partial charge in [-0.05, 0) is 46.6 Å². The number of thioether (sulfide) groups is 1. The van der Waals surface area contributed by atoms with E-state index in [9.17, 15) is 0 Å². The number of nitrogens with two attached hydrogens (primary N) is 1. The minimum Gasteiger partial charge on any atom is -0.419 e. The van der Waals surface area contributed by atoms with Gasteiger partial charge in [0.05, 0.1) is 0 Å². The molecular formula is C16H23NOS. The molecule has 0 aliphatic carbocycles. The molecule has 2 nitrogen and oxygen atoms in total. The first kappa shape index (κ1) is 15.9. The second-order valence-corrected chi connectivity index (χ2v) is 6.00. The van der Waals surface area contributed by atoms with Gasteiger partial charge in [-0.15, -0.1) is 0 Å². The van der Waals surface area contributed by atoms with Gasteiger partial charge >= 0.3 is 0 Å². The summed E-state index contributed by atoms with van der Waals surface area (Å²) in [5.74, 6) is 6.01. The van der Waals surface area contributed by atoms with Crippen LogP contribution < -0.4 is 5.90 Å². The van der Waals surface area contributed by atoms with Crippen molar-refractivity contribution in [2.75, 3.05) is 0 Å². The normalized spacial score (nSPS) is 12.7. The zero-order valence-corrected chi connectivity index (χ0v) is 12.9. The smallest absolute Gasteiger partial charge is 0.111 e. The van der Waals surface area contributed by atoms with Crippen LogP contribution in [0.4, 0.5) is 0 Å². The van der Waals surface area contributed by atoms with Gasteiger partial charge in [0.1, 0.15) is 6.26 Å². The summed E-state index contributed by atoms with van der Waals surface area (Å²) in [5.41, 5.74) is 2.57. The van der Waals surface area contributed by atoms with E-state index in [1.807, 2.05) is 6.08 Å². The Balaban J connectivity index is 2.82. The summed E-state index contributed by atoms with van der Waals surface area (Å²) in [5, 5.41) is 2.15. The molecule has 0 aliphatic rings. The molecule has 1 aromatic carbocycles. The van der Waals surface area contributed by atoms with Crippen LogP contribution in [0.5, 0.6) is 0 Å². The van der Waals surface area contributed by atoms with Gasteiger partial charge in [-0.25, -0.2) is 0 Å². The summed E-state index contributed by atoms with van der Waals surface area (Å²) >= 11 is 1.73. The van der Waals surface area contributed by atoms with Gasteiger partial charge in [0.15, 0.2) is 0 Å². The molecule has 0 saturated carbocycles. The number of rotatable bonds is 6. The zero-order valence-electron chi connectivity index (χ0n) is 12.1. The van der Waals surface area contributed by atoms with E-state index in [0.29, 0.717) is 11.8 Å². The number of benzene rings is 1. The standard InChI is InChI=1S/C16H23NOS/c1-12(2)14-6-5-7-16(10-14)19-11-15(13(3)4)8-9-18-17/h5-13H,17H2,1-4H3/b9-8-,15-11+. The van der Waals surface area contributed by atoms with Crippen molar-refractivity contribution in [2.24, 2.45) is 11.8 Å². The molecule has 0 spiro atoms. The number of hydrogen-bond acceptors (Lipinski definition) is 3. The summed E-state index contributed by atoms with van der Waals surface area (Å²) < 4.78 is 0. The van der Waals surface area contributed by atoms with Crippen molar-refractivity contribution in [1.82, 2.24) is 0 Å². The van der Waals surface area contributed by atoms with Gasteiger partial charge in [-0.1, -0.05) is 51.6 Å². The molecule has 2 N–H and O–H groups in total. The predicted octanol–water partition coefficient (Wildman–Crippen LogP) is 4.85. The average Bonchev–Trinajstić information content (AvgIpc) is 2.38. The van der Waals surface area contributed by atoms with Crippen molar-refractivity contribution in [3.05, 3.63) is 53.1 Å². The molecule has 0 saturated heterocycles. The summed E-state index contributed by atoms with van der Waals surface area (Å²) in [7, 11) is 0. The fourth-order valence-corrected chi connectivity index (χ4v) is 2.55.